The van der Waals surface area contributed by atoms with Crippen molar-refractivity contribution in [1.82, 2.24) is 0 Å². The average Bonchev–Trinajstić information content (AvgIpc) is 2.17. The first-order valence-electron chi connectivity index (χ1n) is 3.94. The van der Waals surface area contributed by atoms with E-state index in [0.29, 0.717) is 12.1 Å². The van der Waals surface area contributed by atoms with E-state index >= 15 is 0 Å². The van der Waals surface area contributed by atoms with Crippen LogP contribution in [-0.2, 0) is 10.4 Å². The molecule has 0 aliphatic carbocycles. The second-order valence-electron chi connectivity index (χ2n) is 2.84. The number of benzene rings is 1. The summed E-state index contributed by atoms with van der Waals surface area (Å²) in [5.41, 5.74) is -2.27. The summed E-state index contributed by atoms with van der Waals surface area (Å²) in [5, 5.41) is 30.1. The van der Waals surface area contributed by atoms with E-state index in [9.17, 15) is 33.8 Å². The van der Waals surface area contributed by atoms with Gasteiger partial charge >= 0.3 is 21.8 Å². The van der Waals surface area contributed by atoms with Gasteiger partial charge in [0.15, 0.2) is 5.75 Å². The maximum atomic E-state index is 10.5. The van der Waals surface area contributed by atoms with E-state index < -0.39 is 43.1 Å². The highest BCUT2D eigenvalue weighted by Crippen LogP contribution is 2.39. The van der Waals surface area contributed by atoms with Gasteiger partial charge < -0.3 is 9.29 Å². The van der Waals surface area contributed by atoms with Crippen LogP contribution in [0.15, 0.2) is 12.1 Å². The molecule has 0 aliphatic rings. The third kappa shape index (κ3) is 3.02. The van der Waals surface area contributed by atoms with Crippen LogP contribution >= 0.6 is 0 Å². The van der Waals surface area contributed by atoms with Crippen molar-refractivity contribution in [1.29, 1.82) is 0 Å². The molecule has 11 nitrogen and oxygen atoms in total. The number of nitro groups is 2. The minimum Gasteiger partial charge on any atom is -0.497 e. The summed E-state index contributed by atoms with van der Waals surface area (Å²) in [5.74, 6) is -2.14. The van der Waals surface area contributed by atoms with Crippen LogP contribution in [0, 0.1) is 20.2 Å². The van der Waals surface area contributed by atoms with Gasteiger partial charge in [0.05, 0.1) is 22.0 Å². The lowest BCUT2D eigenvalue weighted by atomic mass is 10.2. The molecule has 98 valence electrons. The van der Waals surface area contributed by atoms with Crippen LogP contribution in [0.25, 0.3) is 0 Å². The minimum absolute atomic E-state index is 0.413. The first-order chi connectivity index (χ1) is 8.11. The molecule has 0 bridgehead atoms. The van der Waals surface area contributed by atoms with E-state index in [-0.39, 0.29) is 0 Å². The maximum absolute atomic E-state index is 10.5. The predicted molar refractivity (Wildman–Crippen MR) is 53.6 cm³/mol. The molecule has 1 aromatic rings. The van der Waals surface area contributed by atoms with Crippen LogP contribution in [0.5, 0.6) is 11.5 Å². The largest absolute Gasteiger partial charge is 0.497 e. The minimum atomic E-state index is -5.00. The number of rotatable bonds is 4. The second-order valence-corrected chi connectivity index (χ2v) is 3.86. The zero-order valence-corrected chi connectivity index (χ0v) is 9.03. The van der Waals surface area contributed by atoms with Gasteiger partial charge in [-0.1, -0.05) is 0 Å². The Kier molecular flexibility index (Phi) is 3.34. The van der Waals surface area contributed by atoms with Gasteiger partial charge in [0.25, 0.3) is 5.75 Å². The quantitative estimate of drug-likeness (QED) is 0.449. The molecule has 12 heteroatoms. The Hall–Kier alpha value is -2.47. The Morgan fingerprint density at radius 1 is 1.11 bits per heavy atom. The molecule has 0 spiro atoms. The Morgan fingerprint density at radius 3 is 1.78 bits per heavy atom. The fourth-order valence-corrected chi connectivity index (χ4v) is 1.37. The van der Waals surface area contributed by atoms with Crippen LogP contribution < -0.4 is 4.18 Å². The number of hydrogen-bond acceptors (Lipinski definition) is 8. The molecule has 0 atom stereocenters. The first kappa shape index (κ1) is 13.6. The molecule has 0 heterocycles. The number of phenols is 1. The van der Waals surface area contributed by atoms with Gasteiger partial charge in [0.2, 0.25) is 0 Å². The summed E-state index contributed by atoms with van der Waals surface area (Å²) in [6.07, 6.45) is 0. The third-order valence-corrected chi connectivity index (χ3v) is 2.04. The van der Waals surface area contributed by atoms with E-state index in [0.717, 1.165) is 0 Å². The van der Waals surface area contributed by atoms with E-state index in [1.165, 1.54) is 0 Å². The predicted octanol–water partition coefficient (Wildman–Crippen LogP) is 0.390. The summed E-state index contributed by atoms with van der Waals surface area (Å²) in [7, 11) is -5.00. The van der Waals surface area contributed by atoms with Crippen molar-refractivity contribution in [3.8, 4) is 11.5 Å². The Balaban J connectivity index is 3.48. The normalized spacial score (nSPS) is 10.9. The van der Waals surface area contributed by atoms with E-state index in [1.807, 2.05) is 0 Å². The summed E-state index contributed by atoms with van der Waals surface area (Å²) in [6, 6.07) is 0.826. The molecule has 1 rings (SSSR count). The van der Waals surface area contributed by atoms with Crippen molar-refractivity contribution in [2.24, 2.45) is 0 Å². The number of aromatic hydroxyl groups is 1. The van der Waals surface area contributed by atoms with Crippen LogP contribution in [-0.4, -0.2) is 27.9 Å². The van der Waals surface area contributed by atoms with Crippen molar-refractivity contribution in [2.75, 3.05) is 0 Å². The average molecular weight is 280 g/mol. The molecular formula is C6H4N2O9S. The van der Waals surface area contributed by atoms with E-state index in [2.05, 4.69) is 4.18 Å². The molecular weight excluding hydrogens is 276 g/mol. The fraction of sp³-hybridized carbons (Fsp3) is 0. The van der Waals surface area contributed by atoms with Crippen LogP contribution in [0.1, 0.15) is 0 Å². The number of nitro benzene ring substituents is 2. The summed E-state index contributed by atoms with van der Waals surface area (Å²) >= 11 is 0. The van der Waals surface area contributed by atoms with Crippen LogP contribution in [0.3, 0.4) is 0 Å². The van der Waals surface area contributed by atoms with Gasteiger partial charge in [-0.05, 0) is 0 Å². The zero-order chi connectivity index (χ0) is 14.1. The van der Waals surface area contributed by atoms with E-state index in [4.69, 9.17) is 4.55 Å². The lowest BCUT2D eigenvalue weighted by molar-refractivity contribution is -0.396. The van der Waals surface area contributed by atoms with Crippen molar-refractivity contribution >= 4 is 21.8 Å². The second kappa shape index (κ2) is 4.42. The molecule has 0 aliphatic heterocycles. The molecule has 0 saturated heterocycles. The highest BCUT2D eigenvalue weighted by molar-refractivity contribution is 7.81. The molecule has 18 heavy (non-hydrogen) atoms. The van der Waals surface area contributed by atoms with Gasteiger partial charge in [0, 0.05) is 0 Å². The molecule has 0 radical (unpaired) electrons. The molecule has 0 fully saturated rings. The lowest BCUT2D eigenvalue weighted by Gasteiger charge is -2.03. The van der Waals surface area contributed by atoms with Crippen LogP contribution in [0.4, 0.5) is 11.4 Å². The maximum Gasteiger partial charge on any atom is 0.446 e. The summed E-state index contributed by atoms with van der Waals surface area (Å²) in [4.78, 5) is 18.6. The monoisotopic (exact) mass is 280 g/mol. The van der Waals surface area contributed by atoms with Gasteiger partial charge in [-0.25, -0.2) is 0 Å². The summed E-state index contributed by atoms with van der Waals surface area (Å²) in [6.45, 7) is 0. The van der Waals surface area contributed by atoms with Crippen molar-refractivity contribution < 1.29 is 32.1 Å². The smallest absolute Gasteiger partial charge is 0.446 e. The van der Waals surface area contributed by atoms with Crippen molar-refractivity contribution in [3.05, 3.63) is 32.4 Å². The highest BCUT2D eigenvalue weighted by atomic mass is 32.3. The SMILES string of the molecule is O=[N+]([O-])c1cc(OS(=O)(=O)O)cc([N+](=O)[O-])c1O. The molecule has 0 amide bonds. The molecule has 0 aromatic heterocycles. The van der Waals surface area contributed by atoms with Gasteiger partial charge in [-0.2, -0.15) is 8.42 Å². The van der Waals surface area contributed by atoms with Crippen molar-refractivity contribution in [2.45, 2.75) is 0 Å². The topological polar surface area (TPSA) is 170 Å². The number of nitrogens with zero attached hydrogens (tertiary/aromatic N) is 2. The van der Waals surface area contributed by atoms with Crippen LogP contribution in [0.2, 0.25) is 0 Å². The van der Waals surface area contributed by atoms with Gasteiger partial charge in [-0.3, -0.25) is 24.8 Å². The Morgan fingerprint density at radius 2 is 1.50 bits per heavy atom. The Bertz CT molecular complexity index is 587. The molecule has 2 N–H and O–H groups in total. The standard InChI is InChI=1S/C6H4N2O9S/c9-6-4(7(10)11)1-3(17-18(14,15)16)2-5(6)8(12)13/h1-2,9H,(H,14,15,16). The number of phenolic OH excluding ortho intramolecular Hbond substituents is 1. The molecule has 0 saturated carbocycles. The van der Waals surface area contributed by atoms with Gasteiger partial charge in [-0.15, -0.1) is 0 Å². The van der Waals surface area contributed by atoms with Crippen molar-refractivity contribution in [3.63, 3.8) is 0 Å². The highest BCUT2D eigenvalue weighted by Gasteiger charge is 2.28. The first-order valence-corrected chi connectivity index (χ1v) is 5.31. The lowest BCUT2D eigenvalue weighted by Crippen LogP contribution is -2.07. The summed E-state index contributed by atoms with van der Waals surface area (Å²) < 4.78 is 33.0. The van der Waals surface area contributed by atoms with E-state index in [1.54, 1.807) is 0 Å². The zero-order valence-electron chi connectivity index (χ0n) is 8.21. The molecule has 1 aromatic carbocycles. The number of hydrogen-bond donors (Lipinski definition) is 2. The van der Waals surface area contributed by atoms with Gasteiger partial charge in [0.1, 0.15) is 0 Å². The third-order valence-electron chi connectivity index (χ3n) is 1.64. The molecule has 0 unspecified atom stereocenters. The fourth-order valence-electron chi connectivity index (χ4n) is 1.03. The Labute approximate surface area is 98.5 Å².